The number of hydrogen-bond acceptors (Lipinski definition) is 5. The van der Waals surface area contributed by atoms with Crippen molar-refractivity contribution >= 4 is 21.7 Å². The van der Waals surface area contributed by atoms with Gasteiger partial charge in [-0.05, 0) is 15.9 Å². The van der Waals surface area contributed by atoms with Crippen LogP contribution in [-0.4, -0.2) is 24.7 Å². The Morgan fingerprint density at radius 3 is 3.12 bits per heavy atom. The highest BCUT2D eigenvalue weighted by molar-refractivity contribution is 9.10. The Kier molecular flexibility index (Phi) is 3.00. The van der Waals surface area contributed by atoms with Crippen LogP contribution in [0.4, 0.5) is 5.82 Å². The molecule has 0 aromatic carbocycles. The van der Waals surface area contributed by atoms with Crippen LogP contribution in [0.5, 0.6) is 0 Å². The summed E-state index contributed by atoms with van der Waals surface area (Å²) in [6.45, 7) is 0.450. The van der Waals surface area contributed by atoms with Crippen molar-refractivity contribution in [2.45, 2.75) is 6.54 Å². The van der Waals surface area contributed by atoms with Crippen LogP contribution >= 0.6 is 15.9 Å². The lowest BCUT2D eigenvalue weighted by atomic mass is 10.5. The fourth-order valence-corrected chi connectivity index (χ4v) is 1.49. The van der Waals surface area contributed by atoms with Crippen molar-refractivity contribution in [2.24, 2.45) is 7.05 Å². The number of anilines is 1. The van der Waals surface area contributed by atoms with Crippen LogP contribution in [0.15, 0.2) is 21.9 Å². The predicted molar refractivity (Wildman–Crippen MR) is 60.9 cm³/mol. The second kappa shape index (κ2) is 4.44. The van der Waals surface area contributed by atoms with E-state index >= 15 is 0 Å². The van der Waals surface area contributed by atoms with Crippen LogP contribution in [0.3, 0.4) is 0 Å². The number of rotatable bonds is 3. The standard InChI is InChI=1S/C8H9BrN6O/c1-15-4-13-14-5(15)2-10-7-6(9)8(16)12-3-11-7/h3-4H,2H2,1H3,(H2,10,11,12,16). The minimum Gasteiger partial charge on any atom is -0.362 e. The number of nitrogens with zero attached hydrogens (tertiary/aromatic N) is 4. The first-order chi connectivity index (χ1) is 7.68. The molecule has 0 aliphatic rings. The first kappa shape index (κ1) is 10.8. The summed E-state index contributed by atoms with van der Waals surface area (Å²) < 4.78 is 2.16. The van der Waals surface area contributed by atoms with E-state index < -0.39 is 0 Å². The summed E-state index contributed by atoms with van der Waals surface area (Å²) in [5.74, 6) is 1.24. The third kappa shape index (κ3) is 2.11. The van der Waals surface area contributed by atoms with E-state index in [1.807, 2.05) is 7.05 Å². The highest BCUT2D eigenvalue weighted by atomic mass is 79.9. The fraction of sp³-hybridized carbons (Fsp3) is 0.250. The molecule has 0 aliphatic carbocycles. The maximum absolute atomic E-state index is 11.3. The molecule has 0 fully saturated rings. The van der Waals surface area contributed by atoms with Crippen molar-refractivity contribution in [2.75, 3.05) is 5.32 Å². The Balaban J connectivity index is 2.14. The van der Waals surface area contributed by atoms with Crippen LogP contribution in [0.2, 0.25) is 0 Å². The molecule has 0 amide bonds. The van der Waals surface area contributed by atoms with Crippen LogP contribution in [0, 0.1) is 0 Å². The van der Waals surface area contributed by atoms with Gasteiger partial charge in [0, 0.05) is 7.05 Å². The summed E-state index contributed by atoms with van der Waals surface area (Å²) in [6.07, 6.45) is 2.95. The zero-order valence-corrected chi connectivity index (χ0v) is 10.0. The smallest absolute Gasteiger partial charge is 0.267 e. The minimum absolute atomic E-state index is 0.226. The molecule has 2 aromatic rings. The van der Waals surface area contributed by atoms with Crippen LogP contribution in [0.25, 0.3) is 0 Å². The third-order valence-corrected chi connectivity index (χ3v) is 2.75. The largest absolute Gasteiger partial charge is 0.362 e. The number of halogens is 1. The molecule has 0 saturated carbocycles. The predicted octanol–water partition coefficient (Wildman–Crippen LogP) is 0.273. The van der Waals surface area contributed by atoms with Gasteiger partial charge in [-0.15, -0.1) is 10.2 Å². The highest BCUT2D eigenvalue weighted by Gasteiger charge is 2.06. The monoisotopic (exact) mass is 284 g/mol. The Morgan fingerprint density at radius 2 is 2.44 bits per heavy atom. The zero-order valence-electron chi connectivity index (χ0n) is 8.44. The van der Waals surface area contributed by atoms with Crippen molar-refractivity contribution in [3.8, 4) is 0 Å². The number of aromatic nitrogens is 5. The van der Waals surface area contributed by atoms with Gasteiger partial charge in [0.2, 0.25) is 0 Å². The van der Waals surface area contributed by atoms with Crippen LogP contribution in [0.1, 0.15) is 5.82 Å². The van der Waals surface area contributed by atoms with Gasteiger partial charge in [0.25, 0.3) is 5.56 Å². The Bertz CT molecular complexity index is 547. The van der Waals surface area contributed by atoms with E-state index in [0.29, 0.717) is 16.8 Å². The van der Waals surface area contributed by atoms with Crippen molar-refractivity contribution in [3.05, 3.63) is 33.3 Å². The van der Waals surface area contributed by atoms with E-state index in [0.717, 1.165) is 5.82 Å². The van der Waals surface area contributed by atoms with E-state index in [1.54, 1.807) is 10.9 Å². The first-order valence-corrected chi connectivity index (χ1v) is 5.27. The molecule has 0 spiro atoms. The average molecular weight is 285 g/mol. The lowest BCUT2D eigenvalue weighted by Crippen LogP contribution is -2.13. The second-order valence-electron chi connectivity index (χ2n) is 3.11. The topological polar surface area (TPSA) is 88.5 Å². The van der Waals surface area contributed by atoms with E-state index in [-0.39, 0.29) is 5.56 Å². The molecule has 84 valence electrons. The summed E-state index contributed by atoms with van der Waals surface area (Å²) in [7, 11) is 1.84. The van der Waals surface area contributed by atoms with Gasteiger partial charge in [-0.3, -0.25) is 4.79 Å². The van der Waals surface area contributed by atoms with E-state index in [2.05, 4.69) is 41.4 Å². The zero-order chi connectivity index (χ0) is 11.5. The molecule has 0 bridgehead atoms. The molecule has 2 N–H and O–H groups in total. The fourth-order valence-electron chi connectivity index (χ4n) is 1.14. The Morgan fingerprint density at radius 1 is 1.62 bits per heavy atom. The summed E-state index contributed by atoms with van der Waals surface area (Å²) in [4.78, 5) is 17.7. The van der Waals surface area contributed by atoms with Gasteiger partial charge in [0.15, 0.2) is 5.82 Å². The molecule has 0 saturated heterocycles. The molecule has 7 nitrogen and oxygen atoms in total. The van der Waals surface area contributed by atoms with Crippen molar-refractivity contribution < 1.29 is 0 Å². The molecular formula is C8H9BrN6O. The third-order valence-electron chi connectivity index (χ3n) is 2.02. The van der Waals surface area contributed by atoms with Crippen molar-refractivity contribution in [1.29, 1.82) is 0 Å². The number of H-pyrrole nitrogens is 1. The van der Waals surface area contributed by atoms with Crippen LogP contribution in [-0.2, 0) is 13.6 Å². The van der Waals surface area contributed by atoms with Gasteiger partial charge in [0.05, 0.1) is 12.9 Å². The average Bonchev–Trinajstić information content (AvgIpc) is 2.67. The van der Waals surface area contributed by atoms with Gasteiger partial charge in [-0.25, -0.2) is 4.98 Å². The van der Waals surface area contributed by atoms with Gasteiger partial charge >= 0.3 is 0 Å². The maximum Gasteiger partial charge on any atom is 0.267 e. The Labute approximate surface area is 99.1 Å². The number of hydrogen-bond donors (Lipinski definition) is 2. The Hall–Kier alpha value is -1.70. The van der Waals surface area contributed by atoms with Crippen molar-refractivity contribution in [3.63, 3.8) is 0 Å². The summed E-state index contributed by atoms with van der Waals surface area (Å²) in [5, 5.41) is 10.6. The lowest BCUT2D eigenvalue weighted by molar-refractivity contribution is 0.809. The number of nitrogens with one attached hydrogen (secondary N) is 2. The van der Waals surface area contributed by atoms with Gasteiger partial charge in [-0.1, -0.05) is 0 Å². The number of aryl methyl sites for hydroxylation is 1. The first-order valence-electron chi connectivity index (χ1n) is 4.48. The molecule has 16 heavy (non-hydrogen) atoms. The maximum atomic E-state index is 11.3. The quantitative estimate of drug-likeness (QED) is 0.845. The molecule has 0 radical (unpaired) electrons. The lowest BCUT2D eigenvalue weighted by Gasteiger charge is -2.05. The molecule has 0 atom stereocenters. The molecule has 2 aromatic heterocycles. The van der Waals surface area contributed by atoms with Crippen LogP contribution < -0.4 is 10.9 Å². The van der Waals surface area contributed by atoms with Crippen molar-refractivity contribution in [1.82, 2.24) is 24.7 Å². The van der Waals surface area contributed by atoms with Gasteiger partial charge < -0.3 is 14.9 Å². The molecule has 8 heteroatoms. The molecule has 0 unspecified atom stereocenters. The molecular weight excluding hydrogens is 276 g/mol. The van der Waals surface area contributed by atoms with E-state index in [9.17, 15) is 4.79 Å². The summed E-state index contributed by atoms with van der Waals surface area (Å²) >= 11 is 3.15. The SMILES string of the molecule is Cn1cnnc1CNc1nc[nH]c(=O)c1Br. The van der Waals surface area contributed by atoms with E-state index in [1.165, 1.54) is 6.33 Å². The minimum atomic E-state index is -0.226. The summed E-state index contributed by atoms with van der Waals surface area (Å²) in [6, 6.07) is 0. The molecule has 0 aliphatic heterocycles. The number of aromatic amines is 1. The van der Waals surface area contributed by atoms with E-state index in [4.69, 9.17) is 0 Å². The summed E-state index contributed by atoms with van der Waals surface area (Å²) in [5.41, 5.74) is -0.226. The highest BCUT2D eigenvalue weighted by Crippen LogP contribution is 2.13. The second-order valence-corrected chi connectivity index (χ2v) is 3.90. The molecule has 2 heterocycles. The van der Waals surface area contributed by atoms with Gasteiger partial charge in [-0.2, -0.15) is 0 Å². The normalized spacial score (nSPS) is 10.4. The molecule has 2 rings (SSSR count). The van der Waals surface area contributed by atoms with Gasteiger partial charge in [0.1, 0.15) is 16.6 Å².